The number of benzene rings is 2. The third kappa shape index (κ3) is 8.02. The van der Waals surface area contributed by atoms with Crippen LogP contribution in [0.3, 0.4) is 0 Å². The van der Waals surface area contributed by atoms with Gasteiger partial charge in [-0.2, -0.15) is 0 Å². The van der Waals surface area contributed by atoms with E-state index in [-0.39, 0.29) is 35.9 Å². The van der Waals surface area contributed by atoms with Crippen molar-refractivity contribution in [2.75, 3.05) is 74.5 Å². The number of rotatable bonds is 8. The fraction of sp³-hybridized carbons (Fsp3) is 0.500. The van der Waals surface area contributed by atoms with Crippen LogP contribution in [-0.2, 0) is 17.8 Å². The maximum absolute atomic E-state index is 13.6. The van der Waals surface area contributed by atoms with Gasteiger partial charge in [0.15, 0.2) is 11.5 Å². The maximum atomic E-state index is 13.6. The minimum Gasteiger partial charge on any atom is -0.385 e. The van der Waals surface area contributed by atoms with Crippen molar-refractivity contribution in [1.29, 1.82) is 0 Å². The Kier molecular flexibility index (Phi) is 12.0. The first kappa shape index (κ1) is 41.5. The van der Waals surface area contributed by atoms with Crippen LogP contribution >= 0.6 is 11.6 Å². The number of carbonyl (C=O) groups is 4. The van der Waals surface area contributed by atoms with Crippen molar-refractivity contribution in [3.63, 3.8) is 0 Å². The number of amides is 5. The molecule has 0 saturated carbocycles. The molecule has 0 unspecified atom stereocenters. The summed E-state index contributed by atoms with van der Waals surface area (Å²) in [6.07, 6.45) is 9.25. The van der Waals surface area contributed by atoms with E-state index < -0.39 is 11.9 Å². The van der Waals surface area contributed by atoms with Crippen LogP contribution in [0.15, 0.2) is 48.7 Å². The fourth-order valence-corrected chi connectivity index (χ4v) is 10.1. The number of hydrogen-bond acceptors (Lipinski definition) is 10. The fourth-order valence-electron chi connectivity index (χ4n) is 9.89. The van der Waals surface area contributed by atoms with Crippen LogP contribution in [0.4, 0.5) is 27.7 Å². The van der Waals surface area contributed by atoms with Gasteiger partial charge in [0.1, 0.15) is 5.69 Å². The standard InChI is InChI=1S/C42H50ClN11O4.C2H6/c1-45-32-24-36(48-54-35(38(44)56)25-46-39(32)54)52-17-9-30-28(3-2-4-33(30)52)26-49-15-7-29(8-16-49)50-19-11-42(12-20-50)13-21-51(22-14-42)40(57)27-5-6-31(43)34(23-27)53-18-10-37(55)47-41(53)58;1-2/h2-6,23-25,29,45H,7-22,26H2,1H3,(H2,44,56)(H,47,55,58);1-2H3. The van der Waals surface area contributed by atoms with Gasteiger partial charge >= 0.3 is 6.03 Å². The second-order valence-corrected chi connectivity index (χ2v) is 16.9. The molecule has 2 aromatic carbocycles. The van der Waals surface area contributed by atoms with Crippen LogP contribution in [0.2, 0.25) is 5.02 Å². The van der Waals surface area contributed by atoms with Crippen molar-refractivity contribution in [2.45, 2.75) is 77.8 Å². The summed E-state index contributed by atoms with van der Waals surface area (Å²) in [5.74, 6) is -0.179. The van der Waals surface area contributed by atoms with Crippen molar-refractivity contribution in [3.8, 4) is 0 Å². The number of hydrogen-bond donors (Lipinski definition) is 3. The molecule has 60 heavy (non-hydrogen) atoms. The Morgan fingerprint density at radius 3 is 2.32 bits per heavy atom. The zero-order chi connectivity index (χ0) is 42.1. The first-order chi connectivity index (χ1) is 29.1. The van der Waals surface area contributed by atoms with E-state index in [9.17, 15) is 19.2 Å². The SMILES string of the molecule is CC.CNc1cc(N2CCc3c(CN4CCC(N5CCC6(CCN(C(=O)c7ccc(Cl)c(N8CCC(=O)NC8=O)c7)CC6)CC5)CC4)cccc32)nn2c(C(N)=O)cnc12. The van der Waals surface area contributed by atoms with Gasteiger partial charge < -0.3 is 25.8 Å². The van der Waals surface area contributed by atoms with Gasteiger partial charge in [0.05, 0.1) is 22.6 Å². The number of halogens is 1. The summed E-state index contributed by atoms with van der Waals surface area (Å²) in [5, 5.41) is 10.7. The number of imide groups is 1. The number of nitrogens with one attached hydrogen (secondary N) is 2. The highest BCUT2D eigenvalue weighted by molar-refractivity contribution is 6.34. The Morgan fingerprint density at radius 1 is 0.900 bits per heavy atom. The molecular weight excluding hydrogens is 782 g/mol. The molecule has 5 aliphatic rings. The molecular formula is C44H56ClN11O4. The molecule has 1 spiro atoms. The first-order valence-electron chi connectivity index (χ1n) is 21.5. The van der Waals surface area contributed by atoms with Crippen LogP contribution in [0.5, 0.6) is 0 Å². The lowest BCUT2D eigenvalue weighted by molar-refractivity contribution is -0.120. The predicted molar refractivity (Wildman–Crippen MR) is 233 cm³/mol. The normalized spacial score (nSPS) is 19.9. The van der Waals surface area contributed by atoms with Crippen LogP contribution in [0.25, 0.3) is 5.65 Å². The van der Waals surface area contributed by atoms with Gasteiger partial charge in [0, 0.05) is 69.6 Å². The van der Waals surface area contributed by atoms with E-state index in [0.717, 1.165) is 102 Å². The summed E-state index contributed by atoms with van der Waals surface area (Å²) in [5.41, 5.74) is 12.3. The Hall–Kier alpha value is -5.25. The second kappa shape index (κ2) is 17.4. The van der Waals surface area contributed by atoms with E-state index in [2.05, 4.69) is 48.5 Å². The molecule has 0 bridgehead atoms. The summed E-state index contributed by atoms with van der Waals surface area (Å²) in [7, 11) is 1.84. The van der Waals surface area contributed by atoms with Gasteiger partial charge in [0.25, 0.3) is 11.8 Å². The molecule has 4 saturated heterocycles. The summed E-state index contributed by atoms with van der Waals surface area (Å²) >= 11 is 6.44. The van der Waals surface area contributed by atoms with Crippen molar-refractivity contribution >= 4 is 63.9 Å². The Labute approximate surface area is 356 Å². The molecule has 4 aromatic rings. The maximum Gasteiger partial charge on any atom is 0.328 e. The van der Waals surface area contributed by atoms with Gasteiger partial charge in [-0.3, -0.25) is 29.5 Å². The summed E-state index contributed by atoms with van der Waals surface area (Å²) in [6, 6.07) is 13.7. The topological polar surface area (TPSA) is 165 Å². The molecule has 2 aromatic heterocycles. The van der Waals surface area contributed by atoms with E-state index >= 15 is 0 Å². The number of nitrogens with zero attached hydrogens (tertiary/aromatic N) is 8. The van der Waals surface area contributed by atoms with Gasteiger partial charge in [-0.25, -0.2) is 14.3 Å². The van der Waals surface area contributed by atoms with Crippen molar-refractivity contribution < 1.29 is 19.2 Å². The number of fused-ring (bicyclic) bond motifs is 2. The third-order valence-electron chi connectivity index (χ3n) is 13.4. The van der Waals surface area contributed by atoms with Crippen molar-refractivity contribution in [3.05, 3.63) is 76.1 Å². The average molecular weight is 838 g/mol. The van der Waals surface area contributed by atoms with E-state index in [1.807, 2.05) is 31.9 Å². The van der Waals surface area contributed by atoms with Crippen LogP contribution in [-0.4, -0.2) is 118 Å². The van der Waals surface area contributed by atoms with Gasteiger partial charge in [-0.15, -0.1) is 5.10 Å². The molecule has 5 amide bonds. The molecule has 15 nitrogen and oxygen atoms in total. The van der Waals surface area contributed by atoms with Crippen molar-refractivity contribution in [1.82, 2.24) is 34.6 Å². The van der Waals surface area contributed by atoms with E-state index in [1.54, 1.807) is 18.2 Å². The predicted octanol–water partition coefficient (Wildman–Crippen LogP) is 5.67. The monoisotopic (exact) mass is 837 g/mol. The summed E-state index contributed by atoms with van der Waals surface area (Å²) < 4.78 is 1.54. The smallest absolute Gasteiger partial charge is 0.328 e. The second-order valence-electron chi connectivity index (χ2n) is 16.5. The minimum atomic E-state index is -0.567. The molecule has 7 heterocycles. The van der Waals surface area contributed by atoms with Crippen LogP contribution < -0.4 is 26.2 Å². The summed E-state index contributed by atoms with van der Waals surface area (Å²) in [4.78, 5) is 65.2. The Bertz CT molecular complexity index is 2270. The lowest BCUT2D eigenvalue weighted by Crippen LogP contribution is -2.52. The zero-order valence-corrected chi connectivity index (χ0v) is 35.6. The number of primary amides is 1. The number of urea groups is 1. The molecule has 16 heteroatoms. The van der Waals surface area contributed by atoms with E-state index in [0.29, 0.717) is 28.0 Å². The Morgan fingerprint density at radius 2 is 1.62 bits per heavy atom. The number of aromatic nitrogens is 3. The van der Waals surface area contributed by atoms with Gasteiger partial charge in [-0.1, -0.05) is 37.6 Å². The number of piperidine rings is 3. The number of anilines is 4. The largest absolute Gasteiger partial charge is 0.385 e. The molecule has 4 fully saturated rings. The lowest BCUT2D eigenvalue weighted by Gasteiger charge is -2.49. The zero-order valence-electron chi connectivity index (χ0n) is 34.9. The van der Waals surface area contributed by atoms with E-state index in [1.165, 1.54) is 39.6 Å². The molecule has 5 aliphatic heterocycles. The highest BCUT2D eigenvalue weighted by Gasteiger charge is 2.41. The molecule has 9 rings (SSSR count). The number of imidazole rings is 1. The van der Waals surface area contributed by atoms with Gasteiger partial charge in [0.2, 0.25) is 5.91 Å². The first-order valence-corrected chi connectivity index (χ1v) is 21.9. The highest BCUT2D eigenvalue weighted by atomic mass is 35.5. The number of carbonyl (C=O) groups excluding carboxylic acids is 4. The van der Waals surface area contributed by atoms with Crippen LogP contribution in [0.1, 0.15) is 90.8 Å². The average Bonchev–Trinajstić information content (AvgIpc) is 3.91. The molecule has 4 N–H and O–H groups in total. The Balaban J connectivity index is 0.00000246. The molecule has 0 atom stereocenters. The van der Waals surface area contributed by atoms with Crippen LogP contribution in [0, 0.1) is 5.41 Å². The highest BCUT2D eigenvalue weighted by Crippen LogP contribution is 2.43. The summed E-state index contributed by atoms with van der Waals surface area (Å²) in [6.45, 7) is 11.8. The molecule has 0 aliphatic carbocycles. The quantitative estimate of drug-likeness (QED) is 0.201. The molecule has 318 valence electrons. The van der Waals surface area contributed by atoms with Gasteiger partial charge in [-0.05, 0) is 112 Å². The minimum absolute atomic E-state index is 0.0454. The third-order valence-corrected chi connectivity index (χ3v) is 13.7. The van der Waals surface area contributed by atoms with E-state index in [4.69, 9.17) is 22.4 Å². The number of likely N-dealkylation sites (tertiary alicyclic amines) is 3. The molecule has 0 radical (unpaired) electrons. The number of nitrogens with two attached hydrogens (primary N) is 1. The lowest BCUT2D eigenvalue weighted by atomic mass is 9.71. The van der Waals surface area contributed by atoms with Crippen molar-refractivity contribution in [2.24, 2.45) is 11.1 Å².